The molecule has 20 heavy (non-hydrogen) atoms. The summed E-state index contributed by atoms with van der Waals surface area (Å²) >= 11 is 0. The van der Waals surface area contributed by atoms with Gasteiger partial charge in [0.1, 0.15) is 5.82 Å². The van der Waals surface area contributed by atoms with Crippen molar-refractivity contribution in [2.75, 3.05) is 6.54 Å². The number of hydrogen-bond acceptors (Lipinski definition) is 3. The second-order valence-electron chi connectivity index (χ2n) is 4.40. The van der Waals surface area contributed by atoms with Gasteiger partial charge in [-0.1, -0.05) is 0 Å². The summed E-state index contributed by atoms with van der Waals surface area (Å²) in [5.74, 6) is -0.460. The van der Waals surface area contributed by atoms with Crippen LogP contribution in [0.25, 0.3) is 0 Å². The summed E-state index contributed by atoms with van der Waals surface area (Å²) < 4.78 is 40.9. The monoisotopic (exact) mass is 297 g/mol. The largest absolute Gasteiger partial charge is 0.270 e. The maximum absolute atomic E-state index is 12.8. The van der Waals surface area contributed by atoms with Crippen LogP contribution in [0.5, 0.6) is 0 Å². The molecule has 7 heteroatoms. The maximum atomic E-state index is 12.8. The van der Waals surface area contributed by atoms with Crippen molar-refractivity contribution in [1.82, 2.24) is 14.5 Å². The first-order valence-electron chi connectivity index (χ1n) is 6.23. The zero-order valence-corrected chi connectivity index (χ0v) is 11.9. The topological polar surface area (TPSA) is 64.0 Å². The molecule has 2 aromatic rings. The van der Waals surface area contributed by atoms with Gasteiger partial charge in [-0.15, -0.1) is 0 Å². The first-order chi connectivity index (χ1) is 9.49. The van der Waals surface area contributed by atoms with E-state index in [1.165, 1.54) is 12.1 Å². The lowest BCUT2D eigenvalue weighted by molar-refractivity contribution is 0.546. The van der Waals surface area contributed by atoms with Crippen LogP contribution in [-0.2, 0) is 16.6 Å². The van der Waals surface area contributed by atoms with Gasteiger partial charge in [0.2, 0.25) is 10.0 Å². The molecular weight excluding hydrogens is 281 g/mol. The number of aryl methyl sites for hydroxylation is 2. The normalized spacial score (nSPS) is 11.7. The van der Waals surface area contributed by atoms with Crippen LogP contribution in [0, 0.1) is 12.7 Å². The van der Waals surface area contributed by atoms with Crippen LogP contribution >= 0.6 is 0 Å². The zero-order valence-electron chi connectivity index (χ0n) is 11.1. The van der Waals surface area contributed by atoms with Crippen molar-refractivity contribution in [3.05, 3.63) is 48.0 Å². The fourth-order valence-electron chi connectivity index (χ4n) is 1.77. The molecule has 0 saturated heterocycles. The Morgan fingerprint density at radius 2 is 1.95 bits per heavy atom. The third-order valence-corrected chi connectivity index (χ3v) is 4.37. The number of aromatic nitrogens is 2. The minimum absolute atomic E-state index is 0.0640. The number of halogens is 1. The Kier molecular flexibility index (Phi) is 4.51. The third-order valence-electron chi connectivity index (χ3n) is 2.89. The van der Waals surface area contributed by atoms with Crippen LogP contribution < -0.4 is 4.72 Å². The van der Waals surface area contributed by atoms with Gasteiger partial charge in [0, 0.05) is 25.0 Å². The summed E-state index contributed by atoms with van der Waals surface area (Å²) in [6.45, 7) is 2.89. The van der Waals surface area contributed by atoms with E-state index in [9.17, 15) is 12.8 Å². The molecule has 5 nitrogen and oxygen atoms in total. The maximum Gasteiger partial charge on any atom is 0.240 e. The van der Waals surface area contributed by atoms with Gasteiger partial charge >= 0.3 is 0 Å². The van der Waals surface area contributed by atoms with E-state index in [0.717, 1.165) is 17.8 Å². The Morgan fingerprint density at radius 1 is 1.25 bits per heavy atom. The molecule has 0 aliphatic carbocycles. The Hall–Kier alpha value is -1.73. The molecule has 0 bridgehead atoms. The third kappa shape index (κ3) is 3.64. The molecule has 0 fully saturated rings. The van der Waals surface area contributed by atoms with E-state index in [-0.39, 0.29) is 4.90 Å². The van der Waals surface area contributed by atoms with Crippen molar-refractivity contribution >= 4 is 10.0 Å². The highest BCUT2D eigenvalue weighted by atomic mass is 32.2. The average Bonchev–Trinajstić information content (AvgIpc) is 2.81. The average molecular weight is 297 g/mol. The molecule has 0 unspecified atom stereocenters. The van der Waals surface area contributed by atoms with Crippen molar-refractivity contribution in [1.29, 1.82) is 0 Å². The van der Waals surface area contributed by atoms with E-state index in [1.807, 2.05) is 17.7 Å². The number of nitrogens with one attached hydrogen (secondary N) is 1. The molecule has 2 rings (SSSR count). The van der Waals surface area contributed by atoms with Crippen LogP contribution in [0.4, 0.5) is 4.39 Å². The Balaban J connectivity index is 1.87. The Labute approximate surface area is 117 Å². The Morgan fingerprint density at radius 3 is 2.55 bits per heavy atom. The molecule has 1 aromatic heterocycles. The minimum Gasteiger partial charge on any atom is -0.270 e. The molecule has 1 aromatic carbocycles. The van der Waals surface area contributed by atoms with Gasteiger partial charge in [-0.2, -0.15) is 5.10 Å². The molecule has 0 aliphatic heterocycles. The predicted molar refractivity (Wildman–Crippen MR) is 73.2 cm³/mol. The highest BCUT2D eigenvalue weighted by Crippen LogP contribution is 2.09. The number of rotatable bonds is 6. The van der Waals surface area contributed by atoms with Crippen LogP contribution in [0.1, 0.15) is 12.1 Å². The highest BCUT2D eigenvalue weighted by Gasteiger charge is 2.12. The summed E-state index contributed by atoms with van der Waals surface area (Å²) in [4.78, 5) is 0.0640. The summed E-state index contributed by atoms with van der Waals surface area (Å²) in [7, 11) is -3.57. The van der Waals surface area contributed by atoms with E-state index in [2.05, 4.69) is 9.82 Å². The molecule has 108 valence electrons. The lowest BCUT2D eigenvalue weighted by Gasteiger charge is -2.07. The summed E-state index contributed by atoms with van der Waals surface area (Å²) in [5.41, 5.74) is 1.03. The molecule has 0 spiro atoms. The fraction of sp³-hybridized carbons (Fsp3) is 0.308. The number of sulfonamides is 1. The highest BCUT2D eigenvalue weighted by molar-refractivity contribution is 7.89. The van der Waals surface area contributed by atoms with Crippen LogP contribution in [0.2, 0.25) is 0 Å². The van der Waals surface area contributed by atoms with Gasteiger partial charge in [0.25, 0.3) is 0 Å². The van der Waals surface area contributed by atoms with Crippen LogP contribution in [-0.4, -0.2) is 24.7 Å². The SMILES string of the molecule is Cc1ccnn1CCCNS(=O)(=O)c1ccc(F)cc1. The fourth-order valence-corrected chi connectivity index (χ4v) is 2.84. The van der Waals surface area contributed by atoms with Gasteiger partial charge in [-0.3, -0.25) is 4.68 Å². The van der Waals surface area contributed by atoms with Gasteiger partial charge < -0.3 is 0 Å². The zero-order chi connectivity index (χ0) is 14.6. The number of hydrogen-bond donors (Lipinski definition) is 1. The molecular formula is C13H16FN3O2S. The van der Waals surface area contributed by atoms with Crippen molar-refractivity contribution in [2.24, 2.45) is 0 Å². The first-order valence-corrected chi connectivity index (χ1v) is 7.71. The number of nitrogens with zero attached hydrogens (tertiary/aromatic N) is 2. The Bertz CT molecular complexity index is 665. The lowest BCUT2D eigenvalue weighted by Crippen LogP contribution is -2.25. The van der Waals surface area contributed by atoms with Crippen LogP contribution in [0.3, 0.4) is 0 Å². The summed E-state index contributed by atoms with van der Waals surface area (Å²) in [6.07, 6.45) is 2.33. The first kappa shape index (κ1) is 14.7. The van der Waals surface area contributed by atoms with Gasteiger partial charge in [-0.25, -0.2) is 17.5 Å². The molecule has 0 radical (unpaired) electrons. The molecule has 1 N–H and O–H groups in total. The standard InChI is InChI=1S/C13H16FN3O2S/c1-11-7-9-15-17(11)10-2-8-16-20(18,19)13-5-3-12(14)4-6-13/h3-7,9,16H,2,8,10H2,1H3. The summed E-state index contributed by atoms with van der Waals surface area (Å²) in [5, 5.41) is 4.12. The van der Waals surface area contributed by atoms with Crippen molar-refractivity contribution in [2.45, 2.75) is 24.8 Å². The smallest absolute Gasteiger partial charge is 0.240 e. The van der Waals surface area contributed by atoms with E-state index < -0.39 is 15.8 Å². The quantitative estimate of drug-likeness (QED) is 0.825. The summed E-state index contributed by atoms with van der Waals surface area (Å²) in [6, 6.07) is 6.64. The molecule has 1 heterocycles. The van der Waals surface area contributed by atoms with E-state index in [0.29, 0.717) is 19.5 Å². The lowest BCUT2D eigenvalue weighted by atomic mass is 10.4. The van der Waals surface area contributed by atoms with E-state index >= 15 is 0 Å². The molecule has 0 atom stereocenters. The van der Waals surface area contributed by atoms with Crippen molar-refractivity contribution < 1.29 is 12.8 Å². The van der Waals surface area contributed by atoms with E-state index in [1.54, 1.807) is 6.20 Å². The second-order valence-corrected chi connectivity index (χ2v) is 6.17. The van der Waals surface area contributed by atoms with E-state index in [4.69, 9.17) is 0 Å². The van der Waals surface area contributed by atoms with Gasteiger partial charge in [0.15, 0.2) is 0 Å². The second kappa shape index (κ2) is 6.15. The molecule has 0 aliphatic rings. The van der Waals surface area contributed by atoms with Crippen LogP contribution in [0.15, 0.2) is 41.4 Å². The minimum atomic E-state index is -3.57. The molecule has 0 saturated carbocycles. The molecule has 0 amide bonds. The van der Waals surface area contributed by atoms with Crippen molar-refractivity contribution in [3.8, 4) is 0 Å². The number of benzene rings is 1. The van der Waals surface area contributed by atoms with Gasteiger partial charge in [0.05, 0.1) is 4.90 Å². The van der Waals surface area contributed by atoms with Gasteiger partial charge in [-0.05, 0) is 43.7 Å². The predicted octanol–water partition coefficient (Wildman–Crippen LogP) is 1.70. The van der Waals surface area contributed by atoms with Crippen molar-refractivity contribution in [3.63, 3.8) is 0 Å².